The SMILES string of the molecule is Cc1ccsc1CN1CCC[C@@H]1c1ccnc2c(C(=O)N(C)C)cnn12. The monoisotopic (exact) mass is 369 g/mol. The van der Waals surface area contributed by atoms with E-state index in [4.69, 9.17) is 0 Å². The van der Waals surface area contributed by atoms with Gasteiger partial charge >= 0.3 is 0 Å². The third-order valence-corrected chi connectivity index (χ3v) is 6.09. The number of amides is 1. The Hall–Kier alpha value is -2.25. The predicted molar refractivity (Wildman–Crippen MR) is 102 cm³/mol. The van der Waals surface area contributed by atoms with E-state index in [2.05, 4.69) is 33.4 Å². The molecule has 4 rings (SSSR count). The van der Waals surface area contributed by atoms with Crippen LogP contribution in [0.5, 0.6) is 0 Å². The van der Waals surface area contributed by atoms with E-state index in [-0.39, 0.29) is 5.91 Å². The summed E-state index contributed by atoms with van der Waals surface area (Å²) >= 11 is 1.82. The van der Waals surface area contributed by atoms with E-state index in [1.807, 2.05) is 21.9 Å². The third kappa shape index (κ3) is 2.91. The number of carbonyl (C=O) groups is 1. The van der Waals surface area contributed by atoms with E-state index >= 15 is 0 Å². The molecule has 1 aliphatic heterocycles. The molecule has 1 fully saturated rings. The van der Waals surface area contributed by atoms with Crippen LogP contribution in [0, 0.1) is 6.92 Å². The first kappa shape index (κ1) is 17.2. The summed E-state index contributed by atoms with van der Waals surface area (Å²) in [6.45, 7) is 4.22. The number of aryl methyl sites for hydroxylation is 1. The largest absolute Gasteiger partial charge is 0.345 e. The summed E-state index contributed by atoms with van der Waals surface area (Å²) in [6, 6.07) is 4.51. The van der Waals surface area contributed by atoms with Crippen molar-refractivity contribution in [2.45, 2.75) is 32.4 Å². The van der Waals surface area contributed by atoms with E-state index in [0.29, 0.717) is 17.3 Å². The summed E-state index contributed by atoms with van der Waals surface area (Å²) in [6.07, 6.45) is 5.70. The van der Waals surface area contributed by atoms with Crippen molar-refractivity contribution < 1.29 is 4.79 Å². The normalized spacial score (nSPS) is 17.9. The average Bonchev–Trinajstić information content (AvgIpc) is 3.35. The van der Waals surface area contributed by atoms with Crippen LogP contribution in [-0.2, 0) is 6.54 Å². The second-order valence-corrected chi connectivity index (χ2v) is 8.02. The van der Waals surface area contributed by atoms with Crippen molar-refractivity contribution in [3.63, 3.8) is 0 Å². The molecule has 1 atom stereocenters. The molecular formula is C19H23N5OS. The summed E-state index contributed by atoms with van der Waals surface area (Å²) in [5.41, 5.74) is 3.66. The molecule has 136 valence electrons. The Kier molecular flexibility index (Phi) is 4.50. The van der Waals surface area contributed by atoms with Gasteiger partial charge in [0.1, 0.15) is 5.56 Å². The summed E-state index contributed by atoms with van der Waals surface area (Å²) < 4.78 is 1.85. The lowest BCUT2D eigenvalue weighted by Gasteiger charge is -2.24. The quantitative estimate of drug-likeness (QED) is 0.709. The van der Waals surface area contributed by atoms with Crippen LogP contribution in [-0.4, -0.2) is 50.9 Å². The second kappa shape index (κ2) is 6.81. The van der Waals surface area contributed by atoms with Crippen LogP contribution in [0.3, 0.4) is 0 Å². The Morgan fingerprint density at radius 2 is 2.23 bits per heavy atom. The van der Waals surface area contributed by atoms with Gasteiger partial charge in [-0.1, -0.05) is 0 Å². The molecule has 3 aromatic heterocycles. The molecule has 0 bridgehead atoms. The third-order valence-electron chi connectivity index (χ3n) is 5.09. The van der Waals surface area contributed by atoms with Crippen molar-refractivity contribution in [1.29, 1.82) is 0 Å². The van der Waals surface area contributed by atoms with Crippen LogP contribution in [0.4, 0.5) is 0 Å². The zero-order valence-electron chi connectivity index (χ0n) is 15.3. The standard InChI is InChI=1S/C19H23N5OS/c1-13-7-10-26-17(13)12-23-9-4-5-15(23)16-6-8-20-18-14(11-21-24(16)18)19(25)22(2)3/h6-8,10-11,15H,4-5,9,12H2,1-3H3/t15-/m1/s1. The molecule has 0 radical (unpaired) electrons. The maximum absolute atomic E-state index is 12.4. The minimum atomic E-state index is -0.0675. The molecule has 7 heteroatoms. The Balaban J connectivity index is 1.69. The van der Waals surface area contributed by atoms with Gasteiger partial charge in [0.25, 0.3) is 5.91 Å². The van der Waals surface area contributed by atoms with Crippen molar-refractivity contribution in [2.24, 2.45) is 0 Å². The topological polar surface area (TPSA) is 53.7 Å². The van der Waals surface area contributed by atoms with E-state index in [9.17, 15) is 4.79 Å². The number of rotatable bonds is 4. The molecule has 0 saturated carbocycles. The molecule has 0 aromatic carbocycles. The molecule has 1 aliphatic rings. The molecule has 6 nitrogen and oxygen atoms in total. The fourth-order valence-electron chi connectivity index (χ4n) is 3.65. The summed E-state index contributed by atoms with van der Waals surface area (Å²) in [4.78, 5) is 22.3. The minimum absolute atomic E-state index is 0.0675. The first-order valence-electron chi connectivity index (χ1n) is 8.87. The van der Waals surface area contributed by atoms with Gasteiger partial charge in [0.05, 0.1) is 17.9 Å². The van der Waals surface area contributed by atoms with Gasteiger partial charge in [-0.15, -0.1) is 11.3 Å². The highest BCUT2D eigenvalue weighted by Crippen LogP contribution is 2.34. The molecule has 26 heavy (non-hydrogen) atoms. The summed E-state index contributed by atoms with van der Waals surface area (Å²) in [5.74, 6) is -0.0675. The summed E-state index contributed by atoms with van der Waals surface area (Å²) in [5, 5.41) is 6.66. The lowest BCUT2D eigenvalue weighted by molar-refractivity contribution is 0.0829. The first-order valence-corrected chi connectivity index (χ1v) is 9.75. The number of nitrogens with zero attached hydrogens (tertiary/aromatic N) is 5. The lowest BCUT2D eigenvalue weighted by atomic mass is 10.1. The molecule has 3 aromatic rings. The fraction of sp³-hybridized carbons (Fsp3) is 0.421. The minimum Gasteiger partial charge on any atom is -0.345 e. The number of thiophene rings is 1. The van der Waals surface area contributed by atoms with E-state index in [1.54, 1.807) is 31.4 Å². The van der Waals surface area contributed by atoms with Gasteiger partial charge in [0.15, 0.2) is 5.65 Å². The smallest absolute Gasteiger partial charge is 0.258 e. The van der Waals surface area contributed by atoms with Gasteiger partial charge in [0.2, 0.25) is 0 Å². The average molecular weight is 369 g/mol. The van der Waals surface area contributed by atoms with Crippen molar-refractivity contribution >= 4 is 22.9 Å². The Bertz CT molecular complexity index is 944. The van der Waals surface area contributed by atoms with Gasteiger partial charge in [-0.25, -0.2) is 9.50 Å². The Morgan fingerprint density at radius 3 is 2.96 bits per heavy atom. The van der Waals surface area contributed by atoms with Crippen LogP contribution >= 0.6 is 11.3 Å². The summed E-state index contributed by atoms with van der Waals surface area (Å²) in [7, 11) is 3.50. The van der Waals surface area contributed by atoms with Gasteiger partial charge in [0, 0.05) is 31.7 Å². The number of hydrogen-bond donors (Lipinski definition) is 0. The van der Waals surface area contributed by atoms with Crippen LogP contribution < -0.4 is 0 Å². The molecule has 4 heterocycles. The molecule has 0 unspecified atom stereocenters. The second-order valence-electron chi connectivity index (χ2n) is 7.02. The maximum atomic E-state index is 12.4. The van der Waals surface area contributed by atoms with Crippen LogP contribution in [0.1, 0.15) is 45.4 Å². The number of hydrogen-bond acceptors (Lipinski definition) is 5. The van der Waals surface area contributed by atoms with E-state index in [0.717, 1.165) is 25.2 Å². The van der Waals surface area contributed by atoms with Crippen molar-refractivity contribution in [3.8, 4) is 0 Å². The zero-order valence-corrected chi connectivity index (χ0v) is 16.2. The van der Waals surface area contributed by atoms with Gasteiger partial charge in [-0.2, -0.15) is 5.10 Å². The fourth-order valence-corrected chi connectivity index (χ4v) is 4.59. The molecule has 1 saturated heterocycles. The van der Waals surface area contributed by atoms with Crippen molar-refractivity contribution in [1.82, 2.24) is 24.4 Å². The first-order chi connectivity index (χ1) is 12.6. The van der Waals surface area contributed by atoms with Crippen LogP contribution in [0.2, 0.25) is 0 Å². The highest BCUT2D eigenvalue weighted by molar-refractivity contribution is 7.10. The number of likely N-dealkylation sites (tertiary alicyclic amines) is 1. The molecule has 0 N–H and O–H groups in total. The molecule has 0 spiro atoms. The number of carbonyl (C=O) groups excluding carboxylic acids is 1. The van der Waals surface area contributed by atoms with E-state index in [1.165, 1.54) is 16.9 Å². The molecule has 1 amide bonds. The molecule has 0 aliphatic carbocycles. The number of aromatic nitrogens is 3. The lowest BCUT2D eigenvalue weighted by Crippen LogP contribution is -2.25. The van der Waals surface area contributed by atoms with Gasteiger partial charge in [-0.3, -0.25) is 9.69 Å². The van der Waals surface area contributed by atoms with Crippen LogP contribution in [0.15, 0.2) is 29.9 Å². The van der Waals surface area contributed by atoms with Gasteiger partial charge in [-0.05, 0) is 49.4 Å². The predicted octanol–water partition coefficient (Wildman–Crippen LogP) is 3.14. The maximum Gasteiger partial charge on any atom is 0.258 e. The Morgan fingerprint density at radius 1 is 1.38 bits per heavy atom. The van der Waals surface area contributed by atoms with E-state index < -0.39 is 0 Å². The van der Waals surface area contributed by atoms with Crippen molar-refractivity contribution in [3.05, 3.63) is 51.6 Å². The van der Waals surface area contributed by atoms with Crippen LogP contribution in [0.25, 0.3) is 5.65 Å². The number of fused-ring (bicyclic) bond motifs is 1. The highest BCUT2D eigenvalue weighted by Gasteiger charge is 2.29. The molecular weight excluding hydrogens is 346 g/mol. The Labute approximate surface area is 157 Å². The van der Waals surface area contributed by atoms with Crippen molar-refractivity contribution in [2.75, 3.05) is 20.6 Å². The highest BCUT2D eigenvalue weighted by atomic mass is 32.1. The van der Waals surface area contributed by atoms with Gasteiger partial charge < -0.3 is 4.90 Å². The zero-order chi connectivity index (χ0) is 18.3.